The van der Waals surface area contributed by atoms with Gasteiger partial charge in [-0.2, -0.15) is 4.68 Å². The second kappa shape index (κ2) is 7.97. The van der Waals surface area contributed by atoms with Crippen LogP contribution >= 0.6 is 23.5 Å². The predicted octanol–water partition coefficient (Wildman–Crippen LogP) is 4.89. The van der Waals surface area contributed by atoms with Gasteiger partial charge in [-0.05, 0) is 59.3 Å². The fraction of sp³-hybridized carbons (Fsp3) is 0.0909. The minimum atomic E-state index is -0.0148. The molecule has 0 radical (unpaired) electrons. The van der Waals surface area contributed by atoms with Crippen molar-refractivity contribution in [2.75, 3.05) is 10.7 Å². The van der Waals surface area contributed by atoms with Crippen molar-refractivity contribution in [2.24, 2.45) is 0 Å². The molecule has 0 unspecified atom stereocenters. The summed E-state index contributed by atoms with van der Waals surface area (Å²) >= 11 is 3.02. The Balaban J connectivity index is 1.42. The Hall–Kier alpha value is -3.10. The molecule has 0 atom stereocenters. The third kappa shape index (κ3) is 3.48. The van der Waals surface area contributed by atoms with Gasteiger partial charge in [0.1, 0.15) is 0 Å². The van der Waals surface area contributed by atoms with Crippen LogP contribution in [0.2, 0.25) is 0 Å². The van der Waals surface area contributed by atoms with Crippen LogP contribution in [-0.4, -0.2) is 31.9 Å². The number of benzene rings is 3. The van der Waals surface area contributed by atoms with Crippen LogP contribution in [0.15, 0.2) is 87.7 Å². The van der Waals surface area contributed by atoms with Crippen molar-refractivity contribution in [3.63, 3.8) is 0 Å². The number of hydrogen-bond donors (Lipinski definition) is 0. The number of carbonyl (C=O) groups excluding carboxylic acids is 1. The summed E-state index contributed by atoms with van der Waals surface area (Å²) in [5.41, 5.74) is 3.81. The second-order valence-electron chi connectivity index (χ2n) is 6.77. The highest BCUT2D eigenvalue weighted by Crippen LogP contribution is 2.48. The molecule has 30 heavy (non-hydrogen) atoms. The highest BCUT2D eigenvalue weighted by Gasteiger charge is 2.28. The topological polar surface area (TPSA) is 63.9 Å². The molecular weight excluding hydrogens is 414 g/mol. The Bertz CT molecular complexity index is 1190. The molecule has 6 nitrogen and oxygen atoms in total. The Morgan fingerprint density at radius 1 is 0.967 bits per heavy atom. The Labute approximate surface area is 182 Å². The normalized spacial score (nSPS) is 12.4. The van der Waals surface area contributed by atoms with Gasteiger partial charge in [0, 0.05) is 9.79 Å². The number of rotatable bonds is 4. The summed E-state index contributed by atoms with van der Waals surface area (Å²) in [4.78, 5) is 17.3. The van der Waals surface area contributed by atoms with E-state index in [1.165, 1.54) is 11.8 Å². The molecule has 5 rings (SSSR count). The number of para-hydroxylation sites is 2. The zero-order valence-corrected chi connectivity index (χ0v) is 17.7. The Kier molecular flexibility index (Phi) is 5.02. The van der Waals surface area contributed by atoms with Crippen LogP contribution in [0.5, 0.6) is 0 Å². The summed E-state index contributed by atoms with van der Waals surface area (Å²) in [5.74, 6) is 0.207. The van der Waals surface area contributed by atoms with Crippen molar-refractivity contribution >= 4 is 40.8 Å². The molecule has 8 heteroatoms. The quantitative estimate of drug-likeness (QED) is 0.429. The highest BCUT2D eigenvalue weighted by molar-refractivity contribution is 8.00. The molecule has 1 amide bonds. The molecule has 0 fully saturated rings. The smallest absolute Gasteiger partial charge is 0.242 e. The zero-order chi connectivity index (χ0) is 20.5. The van der Waals surface area contributed by atoms with Crippen molar-refractivity contribution in [1.29, 1.82) is 0 Å². The molecule has 0 N–H and O–H groups in total. The van der Waals surface area contributed by atoms with Crippen LogP contribution in [0, 0.1) is 6.92 Å². The van der Waals surface area contributed by atoms with Gasteiger partial charge >= 0.3 is 0 Å². The predicted molar refractivity (Wildman–Crippen MR) is 119 cm³/mol. The van der Waals surface area contributed by atoms with E-state index in [0.29, 0.717) is 5.16 Å². The number of aromatic nitrogens is 4. The highest BCUT2D eigenvalue weighted by atomic mass is 32.2. The largest absolute Gasteiger partial charge is 0.278 e. The van der Waals surface area contributed by atoms with E-state index >= 15 is 0 Å². The molecule has 1 aromatic heterocycles. The first-order valence-electron chi connectivity index (χ1n) is 9.38. The number of carbonyl (C=O) groups is 1. The van der Waals surface area contributed by atoms with E-state index in [1.807, 2.05) is 79.7 Å². The van der Waals surface area contributed by atoms with E-state index in [9.17, 15) is 4.79 Å². The van der Waals surface area contributed by atoms with E-state index in [1.54, 1.807) is 21.3 Å². The van der Waals surface area contributed by atoms with Crippen LogP contribution in [0.4, 0.5) is 11.4 Å². The molecule has 0 spiro atoms. The van der Waals surface area contributed by atoms with E-state index in [-0.39, 0.29) is 11.7 Å². The van der Waals surface area contributed by atoms with Crippen molar-refractivity contribution in [2.45, 2.75) is 21.9 Å². The maximum atomic E-state index is 13.3. The fourth-order valence-corrected chi connectivity index (χ4v) is 5.15. The maximum absolute atomic E-state index is 13.3. The number of tetrazole rings is 1. The average Bonchev–Trinajstić information content (AvgIpc) is 3.24. The van der Waals surface area contributed by atoms with Crippen LogP contribution in [0.3, 0.4) is 0 Å². The Morgan fingerprint density at radius 2 is 1.67 bits per heavy atom. The molecular formula is C22H17N5OS2. The Morgan fingerprint density at radius 3 is 2.37 bits per heavy atom. The molecule has 1 aliphatic heterocycles. The fourth-order valence-electron chi connectivity index (χ4n) is 3.35. The summed E-state index contributed by atoms with van der Waals surface area (Å²) in [7, 11) is 0. The van der Waals surface area contributed by atoms with Gasteiger partial charge in [-0.15, -0.1) is 5.10 Å². The lowest BCUT2D eigenvalue weighted by Gasteiger charge is -2.30. The maximum Gasteiger partial charge on any atom is 0.242 e. The van der Waals surface area contributed by atoms with Crippen LogP contribution in [0.25, 0.3) is 5.69 Å². The van der Waals surface area contributed by atoms with Crippen molar-refractivity contribution in [3.05, 3.63) is 78.4 Å². The number of amides is 1. The van der Waals surface area contributed by atoms with Gasteiger partial charge in [0.15, 0.2) is 0 Å². The first kappa shape index (κ1) is 18.9. The SMILES string of the molecule is Cc1cccc(-n2nnnc2SCC(=O)N2c3ccccc3Sc3ccccc32)c1. The van der Waals surface area contributed by atoms with Gasteiger partial charge in [0.2, 0.25) is 11.1 Å². The molecule has 0 saturated heterocycles. The van der Waals surface area contributed by atoms with Crippen LogP contribution < -0.4 is 4.90 Å². The monoisotopic (exact) mass is 431 g/mol. The lowest BCUT2D eigenvalue weighted by Crippen LogP contribution is -2.30. The molecule has 0 saturated carbocycles. The number of fused-ring (bicyclic) bond motifs is 2. The first-order chi connectivity index (χ1) is 14.7. The summed E-state index contributed by atoms with van der Waals surface area (Å²) < 4.78 is 1.67. The molecule has 2 heterocycles. The number of thioether (sulfide) groups is 1. The van der Waals surface area contributed by atoms with Crippen molar-refractivity contribution in [3.8, 4) is 5.69 Å². The van der Waals surface area contributed by atoms with Crippen LogP contribution in [-0.2, 0) is 4.79 Å². The van der Waals surface area contributed by atoms with E-state index in [0.717, 1.165) is 32.4 Å². The van der Waals surface area contributed by atoms with Gasteiger partial charge in [-0.1, -0.05) is 59.9 Å². The van der Waals surface area contributed by atoms with Gasteiger partial charge in [0.05, 0.1) is 22.8 Å². The number of nitrogens with zero attached hydrogens (tertiary/aromatic N) is 5. The standard InChI is InChI=1S/C22H17N5OS2/c1-15-7-6-8-16(13-15)27-22(23-24-25-27)29-14-21(28)26-17-9-2-4-11-19(17)30-20-12-5-3-10-18(20)26/h2-13H,14H2,1H3. The van der Waals surface area contributed by atoms with Crippen molar-refractivity contribution < 1.29 is 4.79 Å². The molecule has 1 aliphatic rings. The van der Waals surface area contributed by atoms with Crippen LogP contribution in [0.1, 0.15) is 5.56 Å². The van der Waals surface area contributed by atoms with Gasteiger partial charge in [-0.3, -0.25) is 9.69 Å². The summed E-state index contributed by atoms with van der Waals surface area (Å²) in [5, 5.41) is 12.6. The van der Waals surface area contributed by atoms with E-state index in [2.05, 4.69) is 15.5 Å². The third-order valence-electron chi connectivity index (χ3n) is 4.69. The summed E-state index contributed by atoms with van der Waals surface area (Å²) in [6, 6.07) is 23.9. The van der Waals surface area contributed by atoms with E-state index in [4.69, 9.17) is 0 Å². The number of anilines is 2. The summed E-state index contributed by atoms with van der Waals surface area (Å²) in [6.07, 6.45) is 0. The molecule has 3 aromatic carbocycles. The van der Waals surface area contributed by atoms with Crippen molar-refractivity contribution in [1.82, 2.24) is 20.2 Å². The minimum Gasteiger partial charge on any atom is -0.278 e. The van der Waals surface area contributed by atoms with Gasteiger partial charge in [-0.25, -0.2) is 0 Å². The summed E-state index contributed by atoms with van der Waals surface area (Å²) in [6.45, 7) is 2.02. The lowest BCUT2D eigenvalue weighted by atomic mass is 10.2. The number of aryl methyl sites for hydroxylation is 1. The molecule has 0 aliphatic carbocycles. The van der Waals surface area contributed by atoms with Gasteiger partial charge in [0.25, 0.3) is 0 Å². The second-order valence-corrected chi connectivity index (χ2v) is 8.79. The third-order valence-corrected chi connectivity index (χ3v) is 6.73. The zero-order valence-electron chi connectivity index (χ0n) is 16.1. The molecule has 148 valence electrons. The number of hydrogen-bond acceptors (Lipinski definition) is 6. The minimum absolute atomic E-state index is 0.0148. The molecule has 0 bridgehead atoms. The lowest BCUT2D eigenvalue weighted by molar-refractivity contribution is -0.115. The average molecular weight is 432 g/mol. The first-order valence-corrected chi connectivity index (χ1v) is 11.2. The van der Waals surface area contributed by atoms with Gasteiger partial charge < -0.3 is 0 Å². The van der Waals surface area contributed by atoms with E-state index < -0.39 is 0 Å². The molecule has 4 aromatic rings.